The van der Waals surface area contributed by atoms with Gasteiger partial charge in [-0.05, 0) is 30.2 Å². The largest absolute Gasteiger partial charge is 0.344 e. The van der Waals surface area contributed by atoms with Crippen LogP contribution in [-0.2, 0) is 11.3 Å². The molecule has 2 aromatic rings. The van der Waals surface area contributed by atoms with Gasteiger partial charge in [-0.3, -0.25) is 9.78 Å². The van der Waals surface area contributed by atoms with Crippen LogP contribution in [0.5, 0.6) is 0 Å². The quantitative estimate of drug-likeness (QED) is 0.948. The summed E-state index contributed by atoms with van der Waals surface area (Å²) in [6.07, 6.45) is 3.30. The summed E-state index contributed by atoms with van der Waals surface area (Å²) in [7, 11) is 1.86. The van der Waals surface area contributed by atoms with Crippen LogP contribution < -0.4 is 5.32 Å². The van der Waals surface area contributed by atoms with Crippen molar-refractivity contribution in [3.63, 3.8) is 0 Å². The first-order chi connectivity index (χ1) is 10.1. The zero-order chi connectivity index (χ0) is 14.8. The van der Waals surface area contributed by atoms with Crippen molar-refractivity contribution in [2.24, 2.45) is 0 Å². The van der Waals surface area contributed by atoms with Gasteiger partial charge in [-0.2, -0.15) is 0 Å². The average Bonchev–Trinajstić information content (AvgIpc) is 2.50. The Hall–Kier alpha value is -1.65. The SMILES string of the molecule is CN1CC(NCc2ccc(Cl)c3cccnc23)CCC1=O. The smallest absolute Gasteiger partial charge is 0.222 e. The maximum absolute atomic E-state index is 11.5. The number of fused-ring (bicyclic) bond motifs is 1. The van der Waals surface area contributed by atoms with E-state index in [1.807, 2.05) is 31.3 Å². The van der Waals surface area contributed by atoms with E-state index in [4.69, 9.17) is 11.6 Å². The van der Waals surface area contributed by atoms with E-state index in [-0.39, 0.29) is 5.91 Å². The van der Waals surface area contributed by atoms with Crippen molar-refractivity contribution >= 4 is 28.4 Å². The Labute approximate surface area is 129 Å². The Morgan fingerprint density at radius 1 is 1.43 bits per heavy atom. The predicted octanol–water partition coefficient (Wildman–Crippen LogP) is 2.60. The van der Waals surface area contributed by atoms with Crippen LogP contribution in [0.3, 0.4) is 0 Å². The molecule has 21 heavy (non-hydrogen) atoms. The fourth-order valence-corrected chi connectivity index (χ4v) is 2.99. The van der Waals surface area contributed by atoms with E-state index in [9.17, 15) is 4.79 Å². The lowest BCUT2D eigenvalue weighted by atomic mass is 10.0. The van der Waals surface area contributed by atoms with Crippen molar-refractivity contribution in [2.75, 3.05) is 13.6 Å². The summed E-state index contributed by atoms with van der Waals surface area (Å²) in [5, 5.41) is 5.23. The number of nitrogens with one attached hydrogen (secondary N) is 1. The average molecular weight is 304 g/mol. The summed E-state index contributed by atoms with van der Waals surface area (Å²) in [5.74, 6) is 0.228. The van der Waals surface area contributed by atoms with Crippen molar-refractivity contribution in [1.29, 1.82) is 0 Å². The third kappa shape index (κ3) is 3.01. The summed E-state index contributed by atoms with van der Waals surface area (Å²) in [6, 6.07) is 8.15. The van der Waals surface area contributed by atoms with Gasteiger partial charge in [-0.15, -0.1) is 0 Å². The number of hydrogen-bond acceptors (Lipinski definition) is 3. The first-order valence-corrected chi connectivity index (χ1v) is 7.52. The first kappa shape index (κ1) is 14.3. The molecule has 1 aliphatic heterocycles. The van der Waals surface area contributed by atoms with Gasteiger partial charge < -0.3 is 10.2 Å². The highest BCUT2D eigenvalue weighted by Gasteiger charge is 2.22. The second-order valence-electron chi connectivity index (χ2n) is 5.50. The molecule has 0 saturated carbocycles. The minimum Gasteiger partial charge on any atom is -0.344 e. The van der Waals surface area contributed by atoms with E-state index in [0.717, 1.165) is 41.0 Å². The highest BCUT2D eigenvalue weighted by Crippen LogP contribution is 2.24. The number of halogens is 1. The second-order valence-corrected chi connectivity index (χ2v) is 5.90. The molecule has 1 aliphatic rings. The van der Waals surface area contributed by atoms with Crippen LogP contribution in [0.2, 0.25) is 5.02 Å². The molecular weight excluding hydrogens is 286 g/mol. The molecule has 1 unspecified atom stereocenters. The lowest BCUT2D eigenvalue weighted by Crippen LogP contribution is -2.46. The summed E-state index contributed by atoms with van der Waals surface area (Å²) in [4.78, 5) is 17.7. The molecule has 0 spiro atoms. The number of benzene rings is 1. The standard InChI is InChI=1S/C16H18ClN3O/c1-20-10-12(5-7-15(20)21)19-9-11-4-6-14(17)13-3-2-8-18-16(11)13/h2-4,6,8,12,19H,5,7,9-10H2,1H3. The number of pyridine rings is 1. The van der Waals surface area contributed by atoms with Crippen molar-refractivity contribution in [3.8, 4) is 0 Å². The van der Waals surface area contributed by atoms with Gasteiger partial charge in [0.15, 0.2) is 0 Å². The molecule has 1 fully saturated rings. The minimum atomic E-state index is 0.228. The molecule has 1 saturated heterocycles. The van der Waals surface area contributed by atoms with Gasteiger partial charge >= 0.3 is 0 Å². The van der Waals surface area contributed by atoms with Gasteiger partial charge in [-0.1, -0.05) is 17.7 Å². The highest BCUT2D eigenvalue weighted by atomic mass is 35.5. The van der Waals surface area contributed by atoms with Gasteiger partial charge in [0, 0.05) is 49.2 Å². The monoisotopic (exact) mass is 303 g/mol. The number of likely N-dealkylation sites (N-methyl/N-ethyl adjacent to an activating group) is 1. The molecule has 1 atom stereocenters. The van der Waals surface area contributed by atoms with Crippen LogP contribution in [0.1, 0.15) is 18.4 Å². The number of likely N-dealkylation sites (tertiary alicyclic amines) is 1. The number of rotatable bonds is 3. The Bertz CT molecular complexity index is 674. The van der Waals surface area contributed by atoms with E-state index in [1.165, 1.54) is 0 Å². The molecule has 4 nitrogen and oxygen atoms in total. The minimum absolute atomic E-state index is 0.228. The molecule has 0 bridgehead atoms. The van der Waals surface area contributed by atoms with Gasteiger partial charge in [0.05, 0.1) is 5.52 Å². The van der Waals surface area contributed by atoms with Crippen LogP contribution in [0.25, 0.3) is 10.9 Å². The van der Waals surface area contributed by atoms with Crippen LogP contribution >= 0.6 is 11.6 Å². The number of carbonyl (C=O) groups is 1. The number of amides is 1. The molecule has 1 N–H and O–H groups in total. The Morgan fingerprint density at radius 3 is 3.10 bits per heavy atom. The van der Waals surface area contributed by atoms with Crippen LogP contribution in [0, 0.1) is 0 Å². The van der Waals surface area contributed by atoms with E-state index in [0.29, 0.717) is 12.5 Å². The molecule has 1 aromatic heterocycles. The lowest BCUT2D eigenvalue weighted by molar-refractivity contribution is -0.132. The summed E-state index contributed by atoms with van der Waals surface area (Å²) in [6.45, 7) is 1.50. The van der Waals surface area contributed by atoms with Gasteiger partial charge in [-0.25, -0.2) is 0 Å². The van der Waals surface area contributed by atoms with E-state index in [2.05, 4.69) is 10.3 Å². The van der Waals surface area contributed by atoms with Gasteiger partial charge in [0.2, 0.25) is 5.91 Å². The van der Waals surface area contributed by atoms with Crippen LogP contribution in [-0.4, -0.2) is 35.4 Å². The number of carbonyl (C=O) groups excluding carboxylic acids is 1. The van der Waals surface area contributed by atoms with E-state index >= 15 is 0 Å². The molecule has 0 radical (unpaired) electrons. The van der Waals surface area contributed by atoms with Gasteiger partial charge in [0.1, 0.15) is 0 Å². The van der Waals surface area contributed by atoms with Gasteiger partial charge in [0.25, 0.3) is 0 Å². The molecule has 1 aromatic carbocycles. The first-order valence-electron chi connectivity index (χ1n) is 7.14. The van der Waals surface area contributed by atoms with Crippen LogP contribution in [0.15, 0.2) is 30.5 Å². The Morgan fingerprint density at radius 2 is 2.29 bits per heavy atom. The maximum Gasteiger partial charge on any atom is 0.222 e. The number of piperidine rings is 1. The summed E-state index contributed by atoms with van der Waals surface area (Å²) < 4.78 is 0. The van der Waals surface area contributed by atoms with Crippen molar-refractivity contribution in [2.45, 2.75) is 25.4 Å². The third-order valence-electron chi connectivity index (χ3n) is 4.01. The zero-order valence-corrected chi connectivity index (χ0v) is 12.7. The van der Waals surface area contributed by atoms with Crippen molar-refractivity contribution < 1.29 is 4.79 Å². The topological polar surface area (TPSA) is 45.2 Å². The fraction of sp³-hybridized carbons (Fsp3) is 0.375. The van der Waals surface area contributed by atoms with Crippen LogP contribution in [0.4, 0.5) is 0 Å². The molecule has 2 heterocycles. The second kappa shape index (κ2) is 6.00. The lowest BCUT2D eigenvalue weighted by Gasteiger charge is -2.30. The third-order valence-corrected chi connectivity index (χ3v) is 4.34. The zero-order valence-electron chi connectivity index (χ0n) is 12.0. The molecule has 0 aliphatic carbocycles. The van der Waals surface area contributed by atoms with Crippen molar-refractivity contribution in [1.82, 2.24) is 15.2 Å². The Balaban J connectivity index is 1.74. The molecular formula is C16H18ClN3O. The Kier molecular flexibility index (Phi) is 4.08. The summed E-state index contributed by atoms with van der Waals surface area (Å²) in [5.41, 5.74) is 2.08. The molecule has 5 heteroatoms. The molecule has 3 rings (SSSR count). The predicted molar refractivity (Wildman–Crippen MR) is 84.3 cm³/mol. The molecule has 1 amide bonds. The number of hydrogen-bond donors (Lipinski definition) is 1. The fourth-order valence-electron chi connectivity index (χ4n) is 2.77. The van der Waals surface area contributed by atoms with Crippen molar-refractivity contribution in [3.05, 3.63) is 41.0 Å². The van der Waals surface area contributed by atoms with E-state index < -0.39 is 0 Å². The maximum atomic E-state index is 11.5. The molecule has 110 valence electrons. The normalized spacial score (nSPS) is 19.2. The summed E-state index contributed by atoms with van der Waals surface area (Å²) >= 11 is 6.21. The number of aromatic nitrogens is 1. The van der Waals surface area contributed by atoms with E-state index in [1.54, 1.807) is 11.1 Å². The highest BCUT2D eigenvalue weighted by molar-refractivity contribution is 6.35. The number of nitrogens with zero attached hydrogens (tertiary/aromatic N) is 2.